The van der Waals surface area contributed by atoms with Gasteiger partial charge in [-0.2, -0.15) is 0 Å². The Kier molecular flexibility index (Phi) is 3.91. The zero-order valence-corrected chi connectivity index (χ0v) is 16.0. The van der Waals surface area contributed by atoms with E-state index in [-0.39, 0.29) is 11.7 Å². The van der Waals surface area contributed by atoms with Gasteiger partial charge in [-0.15, -0.1) is 6.58 Å². The summed E-state index contributed by atoms with van der Waals surface area (Å²) >= 11 is 3.86. The lowest BCUT2D eigenvalue weighted by atomic mass is 9.52. The molecule has 2 fully saturated rings. The molecule has 3 aliphatic rings. The molecule has 3 aliphatic carbocycles. The minimum absolute atomic E-state index is 0.0583. The van der Waals surface area contributed by atoms with Crippen LogP contribution >= 0.6 is 15.9 Å². The number of fused-ring (bicyclic) bond motifs is 5. The number of ether oxygens (including phenoxy) is 1. The summed E-state index contributed by atoms with van der Waals surface area (Å²) in [4.78, 5) is 13.8. The van der Waals surface area contributed by atoms with E-state index in [0.717, 1.165) is 11.3 Å². The van der Waals surface area contributed by atoms with E-state index in [1.165, 1.54) is 31.2 Å². The van der Waals surface area contributed by atoms with Crippen molar-refractivity contribution in [3.05, 3.63) is 42.0 Å². The minimum Gasteiger partial charge on any atom is -0.497 e. The van der Waals surface area contributed by atoms with E-state index in [9.17, 15) is 4.79 Å². The number of hydrogen-bond acceptors (Lipinski definition) is 2. The molecule has 0 aromatic heterocycles. The number of alkyl halides is 1. The van der Waals surface area contributed by atoms with Crippen molar-refractivity contribution in [1.29, 1.82) is 0 Å². The van der Waals surface area contributed by atoms with Crippen LogP contribution in [0.1, 0.15) is 54.4 Å². The highest BCUT2D eigenvalue weighted by atomic mass is 79.9. The van der Waals surface area contributed by atoms with Gasteiger partial charge in [-0.1, -0.05) is 35.0 Å². The molecular formula is C21H25BrO2. The van der Waals surface area contributed by atoms with Gasteiger partial charge in [0.25, 0.3) is 0 Å². The summed E-state index contributed by atoms with van der Waals surface area (Å²) in [5, 5.41) is 0. The smallest absolute Gasteiger partial charge is 0.170 e. The highest BCUT2D eigenvalue weighted by Crippen LogP contribution is 2.63. The van der Waals surface area contributed by atoms with Gasteiger partial charge in [0, 0.05) is 16.3 Å². The fourth-order valence-electron chi connectivity index (χ4n) is 5.85. The number of Topliss-reactive ketones (excluding diaryl/α,β-unsaturated/α-hetero) is 1. The third kappa shape index (κ3) is 2.23. The number of rotatable bonds is 2. The van der Waals surface area contributed by atoms with Crippen molar-refractivity contribution in [1.82, 2.24) is 0 Å². The molecule has 0 N–H and O–H groups in total. The van der Waals surface area contributed by atoms with E-state index in [4.69, 9.17) is 4.74 Å². The lowest BCUT2D eigenvalue weighted by Gasteiger charge is -2.51. The van der Waals surface area contributed by atoms with E-state index in [2.05, 4.69) is 35.5 Å². The predicted octanol–water partition coefficient (Wildman–Crippen LogP) is 5.37. The van der Waals surface area contributed by atoms with Gasteiger partial charge < -0.3 is 4.74 Å². The SMILES string of the molecule is C=C[C@@H]1C(=O)c2cc(OC)ccc2[C@H]2CC[C@]3(C)C[C@@H](Br)C[C@H]3[C@H]12. The van der Waals surface area contributed by atoms with E-state index < -0.39 is 0 Å². The molecule has 0 amide bonds. The molecule has 0 radical (unpaired) electrons. The molecule has 1 aromatic rings. The Morgan fingerprint density at radius 2 is 2.21 bits per heavy atom. The van der Waals surface area contributed by atoms with E-state index in [0.29, 0.717) is 28.0 Å². The van der Waals surface area contributed by atoms with Crippen LogP contribution in [0.5, 0.6) is 5.75 Å². The second-order valence-electron chi connectivity index (χ2n) is 8.10. The first-order chi connectivity index (χ1) is 11.5. The Morgan fingerprint density at radius 1 is 1.42 bits per heavy atom. The third-order valence-corrected chi connectivity index (χ3v) is 7.64. The topological polar surface area (TPSA) is 26.3 Å². The van der Waals surface area contributed by atoms with E-state index in [1.807, 2.05) is 18.2 Å². The molecule has 2 nitrogen and oxygen atoms in total. The molecule has 0 unspecified atom stereocenters. The molecule has 24 heavy (non-hydrogen) atoms. The summed E-state index contributed by atoms with van der Waals surface area (Å²) in [5.74, 6) is 2.42. The highest BCUT2D eigenvalue weighted by molar-refractivity contribution is 9.09. The Morgan fingerprint density at radius 3 is 2.92 bits per heavy atom. The molecular weight excluding hydrogens is 364 g/mol. The molecule has 3 heteroatoms. The van der Waals surface area contributed by atoms with Crippen LogP contribution < -0.4 is 4.74 Å². The Labute approximate surface area is 152 Å². The Bertz CT molecular complexity index is 697. The Hall–Kier alpha value is -1.09. The van der Waals surface area contributed by atoms with Gasteiger partial charge in [0.2, 0.25) is 0 Å². The molecule has 2 saturated carbocycles. The van der Waals surface area contributed by atoms with Crippen LogP contribution in [0, 0.1) is 23.2 Å². The number of carbonyl (C=O) groups is 1. The standard InChI is InChI=1S/C21H25BrO2/c1-4-14-19-16(7-8-21(2)11-12(22)9-18(19)21)15-6-5-13(24-3)10-17(15)20(14)23/h4-6,10,12,14,16,18-19H,1,7-9,11H2,2-3H3/t12-,14-,16+,18-,19+,21+/m0/s1. The largest absolute Gasteiger partial charge is 0.497 e. The zero-order chi connectivity index (χ0) is 17.1. The number of halogens is 1. The van der Waals surface area contributed by atoms with Crippen LogP contribution in [-0.2, 0) is 0 Å². The normalized spacial score (nSPS) is 40.5. The van der Waals surface area contributed by atoms with Crippen LogP contribution in [0.3, 0.4) is 0 Å². The number of allylic oxidation sites excluding steroid dienone is 1. The van der Waals surface area contributed by atoms with Gasteiger partial charge in [0.05, 0.1) is 7.11 Å². The van der Waals surface area contributed by atoms with Crippen LogP contribution in [0.2, 0.25) is 0 Å². The quantitative estimate of drug-likeness (QED) is 0.502. The predicted molar refractivity (Wildman–Crippen MR) is 100 cm³/mol. The highest BCUT2D eigenvalue weighted by Gasteiger charge is 2.56. The van der Waals surface area contributed by atoms with Gasteiger partial charge in [-0.05, 0) is 66.5 Å². The van der Waals surface area contributed by atoms with Gasteiger partial charge in [0.1, 0.15) is 5.75 Å². The van der Waals surface area contributed by atoms with E-state index >= 15 is 0 Å². The maximum Gasteiger partial charge on any atom is 0.170 e. The Balaban J connectivity index is 1.83. The summed E-state index contributed by atoms with van der Waals surface area (Å²) in [7, 11) is 1.66. The van der Waals surface area contributed by atoms with Gasteiger partial charge in [-0.3, -0.25) is 4.79 Å². The van der Waals surface area contributed by atoms with Crippen molar-refractivity contribution in [2.24, 2.45) is 23.2 Å². The number of carbonyl (C=O) groups excluding carboxylic acids is 1. The summed E-state index contributed by atoms with van der Waals surface area (Å²) in [5.41, 5.74) is 2.46. The molecule has 0 saturated heterocycles. The van der Waals surface area contributed by atoms with Crippen molar-refractivity contribution < 1.29 is 9.53 Å². The first kappa shape index (κ1) is 16.4. The summed E-state index contributed by atoms with van der Waals surface area (Å²) in [6.07, 6.45) is 6.75. The third-order valence-electron chi connectivity index (χ3n) is 6.95. The maximum atomic E-state index is 13.2. The average molecular weight is 389 g/mol. The molecule has 0 heterocycles. The van der Waals surface area contributed by atoms with Crippen molar-refractivity contribution in [3.8, 4) is 5.75 Å². The molecule has 0 aliphatic heterocycles. The molecule has 4 rings (SSSR count). The monoisotopic (exact) mass is 388 g/mol. The minimum atomic E-state index is -0.0583. The average Bonchev–Trinajstić information content (AvgIpc) is 2.89. The number of hydrogen-bond donors (Lipinski definition) is 0. The first-order valence-corrected chi connectivity index (χ1v) is 9.89. The summed E-state index contributed by atoms with van der Waals surface area (Å²) in [6.45, 7) is 6.47. The van der Waals surface area contributed by atoms with Crippen molar-refractivity contribution in [3.63, 3.8) is 0 Å². The molecule has 0 spiro atoms. The van der Waals surface area contributed by atoms with Crippen molar-refractivity contribution in [2.75, 3.05) is 7.11 Å². The van der Waals surface area contributed by atoms with Crippen LogP contribution in [-0.4, -0.2) is 17.7 Å². The molecule has 1 aromatic carbocycles. The van der Waals surface area contributed by atoms with Crippen molar-refractivity contribution >= 4 is 21.7 Å². The number of ketones is 1. The number of methoxy groups -OCH3 is 1. The van der Waals surface area contributed by atoms with Crippen LogP contribution in [0.25, 0.3) is 0 Å². The van der Waals surface area contributed by atoms with Gasteiger partial charge >= 0.3 is 0 Å². The number of benzene rings is 1. The molecule has 128 valence electrons. The summed E-state index contributed by atoms with van der Waals surface area (Å²) in [6, 6.07) is 6.07. The second-order valence-corrected chi connectivity index (χ2v) is 9.39. The van der Waals surface area contributed by atoms with Crippen molar-refractivity contribution in [2.45, 2.75) is 43.4 Å². The van der Waals surface area contributed by atoms with Gasteiger partial charge in [0.15, 0.2) is 5.78 Å². The summed E-state index contributed by atoms with van der Waals surface area (Å²) < 4.78 is 5.35. The fraction of sp³-hybridized carbons (Fsp3) is 0.571. The lowest BCUT2D eigenvalue weighted by Crippen LogP contribution is -2.45. The molecule has 0 bridgehead atoms. The van der Waals surface area contributed by atoms with Crippen LogP contribution in [0.4, 0.5) is 0 Å². The fourth-order valence-corrected chi connectivity index (χ4v) is 6.99. The lowest BCUT2D eigenvalue weighted by molar-refractivity contribution is 0.0359. The maximum absolute atomic E-state index is 13.2. The first-order valence-electron chi connectivity index (χ1n) is 8.97. The van der Waals surface area contributed by atoms with Gasteiger partial charge in [-0.25, -0.2) is 0 Å². The van der Waals surface area contributed by atoms with Crippen LogP contribution in [0.15, 0.2) is 30.9 Å². The van der Waals surface area contributed by atoms with E-state index in [1.54, 1.807) is 7.11 Å². The molecule has 6 atom stereocenters. The second kappa shape index (κ2) is 5.72. The zero-order valence-electron chi connectivity index (χ0n) is 14.4.